The van der Waals surface area contributed by atoms with Crippen LogP contribution in [0.4, 0.5) is 10.1 Å². The third-order valence-electron chi connectivity index (χ3n) is 5.69. The Balaban J connectivity index is 1.32. The minimum absolute atomic E-state index is 0.100. The van der Waals surface area contributed by atoms with Gasteiger partial charge < -0.3 is 25.0 Å². The van der Waals surface area contributed by atoms with Crippen molar-refractivity contribution in [2.75, 3.05) is 37.6 Å². The molecule has 2 N–H and O–H groups in total. The molecule has 2 saturated heterocycles. The van der Waals surface area contributed by atoms with Gasteiger partial charge in [-0.25, -0.2) is 9.18 Å². The number of nitrogens with one attached hydrogen (secondary N) is 1. The minimum atomic E-state index is -1.16. The first-order valence-corrected chi connectivity index (χ1v) is 10.5. The molecule has 9 heteroatoms. The Kier molecular flexibility index (Phi) is 6.36. The average molecular weight is 441 g/mol. The van der Waals surface area contributed by atoms with Crippen LogP contribution in [-0.2, 0) is 20.7 Å². The molecule has 0 spiro atoms. The van der Waals surface area contributed by atoms with E-state index in [1.807, 2.05) is 17.0 Å². The standard InChI is InChI=1S/C23H24FN3O5/c24-17-7-3-4-8-18(17)26-11-13-27(14-12-26)22(29)16-6-2-1-5-15(16)9-10-25-21(28)19-20(32-19)23(30)31/h1-8,19-20H,9-14H2,(H,25,28)(H,30,31). The van der Waals surface area contributed by atoms with E-state index in [0.29, 0.717) is 43.9 Å². The summed E-state index contributed by atoms with van der Waals surface area (Å²) < 4.78 is 18.9. The fourth-order valence-electron chi connectivity index (χ4n) is 3.90. The smallest absolute Gasteiger partial charge is 0.336 e. The molecule has 2 unspecified atom stereocenters. The molecular weight excluding hydrogens is 417 g/mol. The summed E-state index contributed by atoms with van der Waals surface area (Å²) in [6.45, 7) is 2.30. The lowest BCUT2D eigenvalue weighted by molar-refractivity contribution is -0.138. The fourth-order valence-corrected chi connectivity index (χ4v) is 3.90. The highest BCUT2D eigenvalue weighted by molar-refractivity contribution is 5.96. The van der Waals surface area contributed by atoms with Crippen molar-refractivity contribution in [3.63, 3.8) is 0 Å². The van der Waals surface area contributed by atoms with Gasteiger partial charge in [-0.2, -0.15) is 0 Å². The molecule has 0 saturated carbocycles. The number of ether oxygens (including phenoxy) is 1. The van der Waals surface area contributed by atoms with Gasteiger partial charge in [-0.3, -0.25) is 9.59 Å². The molecule has 2 atom stereocenters. The lowest BCUT2D eigenvalue weighted by Gasteiger charge is -2.36. The topological polar surface area (TPSA) is 102 Å². The van der Waals surface area contributed by atoms with Gasteiger partial charge in [0.15, 0.2) is 12.2 Å². The Hall–Kier alpha value is -3.46. The van der Waals surface area contributed by atoms with Crippen LogP contribution in [0.25, 0.3) is 0 Å². The van der Waals surface area contributed by atoms with Gasteiger partial charge in [-0.1, -0.05) is 30.3 Å². The molecule has 2 aliphatic heterocycles. The Morgan fingerprint density at radius 3 is 2.38 bits per heavy atom. The predicted molar refractivity (Wildman–Crippen MR) is 114 cm³/mol. The van der Waals surface area contributed by atoms with Crippen molar-refractivity contribution < 1.29 is 28.6 Å². The molecule has 2 heterocycles. The van der Waals surface area contributed by atoms with Gasteiger partial charge in [0.2, 0.25) is 0 Å². The lowest BCUT2D eigenvalue weighted by Crippen LogP contribution is -2.49. The molecule has 0 aromatic heterocycles. The summed E-state index contributed by atoms with van der Waals surface area (Å²) in [6.07, 6.45) is -1.60. The van der Waals surface area contributed by atoms with Crippen LogP contribution in [0.5, 0.6) is 0 Å². The van der Waals surface area contributed by atoms with Crippen LogP contribution < -0.4 is 10.2 Å². The monoisotopic (exact) mass is 441 g/mol. The molecule has 2 aliphatic rings. The number of carbonyl (C=O) groups excluding carboxylic acids is 2. The summed E-state index contributed by atoms with van der Waals surface area (Å²) in [5.74, 6) is -2.00. The van der Waals surface area contributed by atoms with E-state index in [4.69, 9.17) is 9.84 Å². The van der Waals surface area contributed by atoms with Gasteiger partial charge in [-0.15, -0.1) is 0 Å². The van der Waals surface area contributed by atoms with Crippen LogP contribution in [0.3, 0.4) is 0 Å². The Labute approximate surface area is 184 Å². The SMILES string of the molecule is O=C(O)C1OC1C(=O)NCCc1ccccc1C(=O)N1CCN(c2ccccc2F)CC1. The van der Waals surface area contributed by atoms with Crippen LogP contribution >= 0.6 is 0 Å². The van der Waals surface area contributed by atoms with Crippen molar-refractivity contribution >= 4 is 23.5 Å². The quantitative estimate of drug-likeness (QED) is 0.628. The second-order valence-electron chi connectivity index (χ2n) is 7.74. The number of epoxide rings is 1. The minimum Gasteiger partial charge on any atom is -0.479 e. The molecule has 0 bridgehead atoms. The van der Waals surface area contributed by atoms with E-state index in [0.717, 1.165) is 5.56 Å². The number of benzene rings is 2. The maximum atomic E-state index is 14.0. The first-order chi connectivity index (χ1) is 15.5. The van der Waals surface area contributed by atoms with Crippen LogP contribution in [0, 0.1) is 5.82 Å². The summed E-state index contributed by atoms with van der Waals surface area (Å²) in [5, 5.41) is 11.5. The summed E-state index contributed by atoms with van der Waals surface area (Å²) in [4.78, 5) is 39.5. The summed E-state index contributed by atoms with van der Waals surface area (Å²) in [6, 6.07) is 13.8. The average Bonchev–Trinajstić information content (AvgIpc) is 3.61. The number of aliphatic carboxylic acids is 1. The molecule has 168 valence electrons. The van der Waals surface area contributed by atoms with E-state index in [1.54, 1.807) is 35.2 Å². The van der Waals surface area contributed by atoms with E-state index in [-0.39, 0.29) is 18.3 Å². The molecule has 0 aliphatic carbocycles. The molecule has 4 rings (SSSR count). The number of para-hydroxylation sites is 1. The molecule has 32 heavy (non-hydrogen) atoms. The number of carboxylic acids is 1. The number of hydrogen-bond acceptors (Lipinski definition) is 5. The van der Waals surface area contributed by atoms with Crippen molar-refractivity contribution in [2.24, 2.45) is 0 Å². The maximum Gasteiger partial charge on any atom is 0.336 e. The molecule has 0 radical (unpaired) electrons. The van der Waals surface area contributed by atoms with Crippen LogP contribution in [0.2, 0.25) is 0 Å². The van der Waals surface area contributed by atoms with Crippen molar-refractivity contribution in [1.29, 1.82) is 0 Å². The second kappa shape index (κ2) is 9.35. The van der Waals surface area contributed by atoms with Crippen LogP contribution in [0.15, 0.2) is 48.5 Å². The third kappa shape index (κ3) is 4.72. The fraction of sp³-hybridized carbons (Fsp3) is 0.348. The van der Waals surface area contributed by atoms with Gasteiger partial charge in [0.05, 0.1) is 5.69 Å². The third-order valence-corrected chi connectivity index (χ3v) is 5.69. The molecule has 8 nitrogen and oxygen atoms in total. The zero-order chi connectivity index (χ0) is 22.7. The van der Waals surface area contributed by atoms with E-state index in [2.05, 4.69) is 5.32 Å². The zero-order valence-corrected chi connectivity index (χ0v) is 17.4. The van der Waals surface area contributed by atoms with Gasteiger partial charge in [0.25, 0.3) is 11.8 Å². The van der Waals surface area contributed by atoms with E-state index in [1.165, 1.54) is 6.07 Å². The second-order valence-corrected chi connectivity index (χ2v) is 7.74. The lowest BCUT2D eigenvalue weighted by atomic mass is 10.0. The highest BCUT2D eigenvalue weighted by atomic mass is 19.1. The Morgan fingerprint density at radius 1 is 1.00 bits per heavy atom. The van der Waals surface area contributed by atoms with Crippen molar-refractivity contribution in [2.45, 2.75) is 18.6 Å². The molecule has 2 aromatic rings. The highest BCUT2D eigenvalue weighted by Crippen LogP contribution is 2.23. The number of nitrogens with zero attached hydrogens (tertiary/aromatic N) is 2. The van der Waals surface area contributed by atoms with Gasteiger partial charge in [0, 0.05) is 38.3 Å². The van der Waals surface area contributed by atoms with Crippen molar-refractivity contribution in [3.8, 4) is 0 Å². The number of anilines is 1. The molecular formula is C23H24FN3O5. The number of carboxylic acid groups (broad SMARTS) is 1. The number of carbonyl (C=O) groups is 3. The number of rotatable bonds is 7. The summed E-state index contributed by atoms with van der Waals surface area (Å²) >= 11 is 0. The van der Waals surface area contributed by atoms with E-state index < -0.39 is 24.1 Å². The molecule has 2 fully saturated rings. The van der Waals surface area contributed by atoms with Gasteiger partial charge >= 0.3 is 5.97 Å². The number of hydrogen-bond donors (Lipinski definition) is 2. The number of amides is 2. The Morgan fingerprint density at radius 2 is 1.69 bits per heavy atom. The van der Waals surface area contributed by atoms with Gasteiger partial charge in [0.1, 0.15) is 5.82 Å². The maximum absolute atomic E-state index is 14.0. The van der Waals surface area contributed by atoms with Crippen molar-refractivity contribution in [3.05, 3.63) is 65.5 Å². The first kappa shape index (κ1) is 21.8. The normalized spacial score (nSPS) is 20.0. The van der Waals surface area contributed by atoms with E-state index >= 15 is 0 Å². The number of piperazine rings is 1. The summed E-state index contributed by atoms with van der Waals surface area (Å²) in [7, 11) is 0. The van der Waals surface area contributed by atoms with Crippen LogP contribution in [-0.4, -0.2) is 72.7 Å². The van der Waals surface area contributed by atoms with Crippen molar-refractivity contribution in [1.82, 2.24) is 10.2 Å². The largest absolute Gasteiger partial charge is 0.479 e. The number of halogens is 1. The first-order valence-electron chi connectivity index (χ1n) is 10.5. The van der Waals surface area contributed by atoms with E-state index in [9.17, 15) is 18.8 Å². The zero-order valence-electron chi connectivity index (χ0n) is 17.4. The van der Waals surface area contributed by atoms with Gasteiger partial charge in [-0.05, 0) is 30.2 Å². The molecule has 2 amide bonds. The van der Waals surface area contributed by atoms with Crippen LogP contribution in [0.1, 0.15) is 15.9 Å². The molecule has 2 aromatic carbocycles. The Bertz CT molecular complexity index is 1020. The summed E-state index contributed by atoms with van der Waals surface area (Å²) in [5.41, 5.74) is 1.90. The predicted octanol–water partition coefficient (Wildman–Crippen LogP) is 1.30. The highest BCUT2D eigenvalue weighted by Gasteiger charge is 2.50.